The van der Waals surface area contributed by atoms with Crippen LogP contribution in [0.4, 0.5) is 0 Å². The third-order valence-electron chi connectivity index (χ3n) is 4.85. The van der Waals surface area contributed by atoms with Crippen molar-refractivity contribution in [1.29, 1.82) is 0 Å². The van der Waals surface area contributed by atoms with E-state index in [0.717, 1.165) is 38.1 Å². The molecule has 1 N–H and O–H groups in total. The lowest BCUT2D eigenvalue weighted by Gasteiger charge is -2.12. The van der Waals surface area contributed by atoms with E-state index in [9.17, 15) is 4.79 Å². The highest BCUT2D eigenvalue weighted by molar-refractivity contribution is 7.09. The van der Waals surface area contributed by atoms with Crippen molar-refractivity contribution in [3.8, 4) is 16.9 Å². The second-order valence-corrected chi connectivity index (χ2v) is 7.95. The molecular weight excluding hydrogens is 394 g/mol. The molecule has 4 rings (SSSR count). The zero-order chi connectivity index (χ0) is 20.9. The molecule has 0 aliphatic rings. The van der Waals surface area contributed by atoms with E-state index in [-0.39, 0.29) is 5.91 Å². The highest BCUT2D eigenvalue weighted by atomic mass is 32.1. The minimum absolute atomic E-state index is 0.126. The molecule has 0 atom stereocenters. The van der Waals surface area contributed by atoms with Crippen LogP contribution in [0.15, 0.2) is 76.7 Å². The van der Waals surface area contributed by atoms with E-state index in [1.165, 1.54) is 0 Å². The third kappa shape index (κ3) is 4.31. The van der Waals surface area contributed by atoms with Crippen molar-refractivity contribution in [3.05, 3.63) is 82.8 Å². The van der Waals surface area contributed by atoms with Gasteiger partial charge in [-0.25, -0.2) is 0 Å². The molecule has 0 aliphatic carbocycles. The van der Waals surface area contributed by atoms with Gasteiger partial charge in [-0.3, -0.25) is 4.79 Å². The second kappa shape index (κ2) is 9.01. The lowest BCUT2D eigenvalue weighted by atomic mass is 9.99. The van der Waals surface area contributed by atoms with Gasteiger partial charge in [-0.2, -0.15) is 0 Å². The van der Waals surface area contributed by atoms with Crippen LogP contribution in [0.1, 0.15) is 24.3 Å². The van der Waals surface area contributed by atoms with Crippen molar-refractivity contribution < 1.29 is 13.9 Å². The number of furan rings is 1. The van der Waals surface area contributed by atoms with Crippen molar-refractivity contribution in [2.75, 3.05) is 6.61 Å². The minimum Gasteiger partial charge on any atom is -0.493 e. The highest BCUT2D eigenvalue weighted by Crippen LogP contribution is 2.37. The van der Waals surface area contributed by atoms with E-state index < -0.39 is 0 Å². The number of carbonyl (C=O) groups is 1. The molecule has 0 bridgehead atoms. The Morgan fingerprint density at radius 2 is 2.00 bits per heavy atom. The van der Waals surface area contributed by atoms with Crippen molar-refractivity contribution in [2.45, 2.75) is 20.4 Å². The fraction of sp³-hybridized carbons (Fsp3) is 0.160. The average Bonchev–Trinajstić information content (AvgIpc) is 3.42. The van der Waals surface area contributed by atoms with Crippen molar-refractivity contribution in [2.24, 2.45) is 0 Å². The van der Waals surface area contributed by atoms with Crippen LogP contribution in [0.5, 0.6) is 5.75 Å². The van der Waals surface area contributed by atoms with Gasteiger partial charge in [0.05, 0.1) is 19.4 Å². The van der Waals surface area contributed by atoms with Crippen LogP contribution in [0.2, 0.25) is 0 Å². The average molecular weight is 418 g/mol. The van der Waals surface area contributed by atoms with Crippen molar-refractivity contribution in [1.82, 2.24) is 5.32 Å². The molecule has 0 saturated heterocycles. The first-order valence-corrected chi connectivity index (χ1v) is 10.8. The van der Waals surface area contributed by atoms with Gasteiger partial charge >= 0.3 is 0 Å². The van der Waals surface area contributed by atoms with Gasteiger partial charge < -0.3 is 14.5 Å². The number of hydrogen-bond donors (Lipinski definition) is 1. The number of hydrogen-bond acceptors (Lipinski definition) is 4. The lowest BCUT2D eigenvalue weighted by Crippen LogP contribution is -2.20. The number of allylic oxidation sites excluding steroid dienone is 1. The summed E-state index contributed by atoms with van der Waals surface area (Å²) in [5.41, 5.74) is 4.58. The van der Waals surface area contributed by atoms with E-state index in [2.05, 4.69) is 17.4 Å². The summed E-state index contributed by atoms with van der Waals surface area (Å²) in [5.74, 6) is 0.581. The number of fused-ring (bicyclic) bond motifs is 1. The van der Waals surface area contributed by atoms with Crippen LogP contribution in [0.3, 0.4) is 0 Å². The number of amides is 1. The number of nitrogens with one attached hydrogen (secondary N) is 1. The molecule has 152 valence electrons. The largest absolute Gasteiger partial charge is 0.493 e. The molecule has 0 unspecified atom stereocenters. The van der Waals surface area contributed by atoms with E-state index >= 15 is 0 Å². The first-order chi connectivity index (χ1) is 14.7. The molecule has 4 nitrogen and oxygen atoms in total. The molecule has 1 amide bonds. The fourth-order valence-electron chi connectivity index (χ4n) is 3.39. The summed E-state index contributed by atoms with van der Waals surface area (Å²) >= 11 is 1.63. The van der Waals surface area contributed by atoms with Gasteiger partial charge in [-0.1, -0.05) is 36.4 Å². The van der Waals surface area contributed by atoms with E-state index in [1.807, 2.05) is 61.7 Å². The quantitative estimate of drug-likeness (QED) is 0.360. The predicted molar refractivity (Wildman–Crippen MR) is 123 cm³/mol. The summed E-state index contributed by atoms with van der Waals surface area (Å²) in [7, 11) is 0. The van der Waals surface area contributed by atoms with E-state index in [0.29, 0.717) is 18.9 Å². The molecule has 0 aliphatic heterocycles. The molecular formula is C25H23NO3S. The van der Waals surface area contributed by atoms with Crippen LogP contribution in [0.25, 0.3) is 27.7 Å². The van der Waals surface area contributed by atoms with Gasteiger partial charge in [0.15, 0.2) is 0 Å². The molecule has 4 aromatic rings. The molecule has 0 spiro atoms. The Morgan fingerprint density at radius 1 is 1.17 bits per heavy atom. The molecule has 5 heteroatoms. The maximum atomic E-state index is 12.5. The maximum Gasteiger partial charge on any atom is 0.244 e. The van der Waals surface area contributed by atoms with Gasteiger partial charge in [-0.05, 0) is 42.5 Å². The SMILES string of the molecule is CCOc1cc2occ(-c3ccccc3)c2cc1/C(C)=C/C(=O)NCc1cccs1. The monoisotopic (exact) mass is 417 g/mol. The maximum absolute atomic E-state index is 12.5. The molecule has 30 heavy (non-hydrogen) atoms. The number of rotatable bonds is 7. The third-order valence-corrected chi connectivity index (χ3v) is 5.73. The fourth-order valence-corrected chi connectivity index (χ4v) is 4.04. The van der Waals surface area contributed by atoms with Crippen LogP contribution in [0, 0.1) is 0 Å². The second-order valence-electron chi connectivity index (χ2n) is 6.92. The molecule has 2 aromatic carbocycles. The zero-order valence-electron chi connectivity index (χ0n) is 17.0. The topological polar surface area (TPSA) is 51.5 Å². The molecule has 2 aromatic heterocycles. The first kappa shape index (κ1) is 20.0. The van der Waals surface area contributed by atoms with Gasteiger partial charge in [-0.15, -0.1) is 11.3 Å². The van der Waals surface area contributed by atoms with Crippen molar-refractivity contribution >= 4 is 33.8 Å². The summed E-state index contributed by atoms with van der Waals surface area (Å²) in [6.45, 7) is 4.93. The van der Waals surface area contributed by atoms with Gasteiger partial charge in [0.1, 0.15) is 11.3 Å². The molecule has 2 heterocycles. The summed E-state index contributed by atoms with van der Waals surface area (Å²) < 4.78 is 11.7. The van der Waals surface area contributed by atoms with Crippen LogP contribution < -0.4 is 10.1 Å². The number of benzene rings is 2. The lowest BCUT2D eigenvalue weighted by molar-refractivity contribution is -0.116. The van der Waals surface area contributed by atoms with Crippen LogP contribution in [-0.4, -0.2) is 12.5 Å². The standard InChI is InChI=1S/C25H23NO3S/c1-3-28-23-14-24-21(22(16-29-24)18-8-5-4-6-9-18)13-20(23)17(2)12-25(27)26-15-19-10-7-11-30-19/h4-14,16H,3,15H2,1-2H3,(H,26,27)/b17-12+. The number of ether oxygens (including phenoxy) is 1. The van der Waals surface area contributed by atoms with Gasteiger partial charge in [0.2, 0.25) is 5.91 Å². The summed E-state index contributed by atoms with van der Waals surface area (Å²) in [4.78, 5) is 13.6. The Morgan fingerprint density at radius 3 is 2.73 bits per heavy atom. The molecule has 0 fully saturated rings. The highest BCUT2D eigenvalue weighted by Gasteiger charge is 2.15. The first-order valence-electron chi connectivity index (χ1n) is 9.88. The Bertz CT molecular complexity index is 1170. The summed E-state index contributed by atoms with van der Waals surface area (Å²) in [6.07, 6.45) is 3.39. The Balaban J connectivity index is 1.68. The summed E-state index contributed by atoms with van der Waals surface area (Å²) in [6, 6.07) is 18.1. The van der Waals surface area contributed by atoms with Gasteiger partial charge in [0.25, 0.3) is 0 Å². The predicted octanol–water partition coefficient (Wildman–Crippen LogP) is 6.28. The molecule has 0 saturated carbocycles. The van der Waals surface area contributed by atoms with E-state index in [1.54, 1.807) is 23.7 Å². The van der Waals surface area contributed by atoms with Crippen molar-refractivity contribution in [3.63, 3.8) is 0 Å². The van der Waals surface area contributed by atoms with Crippen LogP contribution >= 0.6 is 11.3 Å². The smallest absolute Gasteiger partial charge is 0.244 e. The molecule has 0 radical (unpaired) electrons. The van der Waals surface area contributed by atoms with Crippen LogP contribution in [-0.2, 0) is 11.3 Å². The zero-order valence-corrected chi connectivity index (χ0v) is 17.8. The Hall–Kier alpha value is -3.31. The minimum atomic E-state index is -0.126. The van der Waals surface area contributed by atoms with Gasteiger partial charge in [0, 0.05) is 33.5 Å². The normalized spacial score (nSPS) is 11.6. The summed E-state index contributed by atoms with van der Waals surface area (Å²) in [5, 5.41) is 5.94. The Labute approximate surface area is 179 Å². The van der Waals surface area contributed by atoms with E-state index in [4.69, 9.17) is 9.15 Å². The number of carbonyl (C=O) groups excluding carboxylic acids is 1. The number of thiophene rings is 1. The Kier molecular flexibility index (Phi) is 6.00.